The van der Waals surface area contributed by atoms with Crippen molar-refractivity contribution in [2.45, 2.75) is 10.6 Å². The summed E-state index contributed by atoms with van der Waals surface area (Å²) < 4.78 is 5.12. The van der Waals surface area contributed by atoms with Gasteiger partial charge in [-0.1, -0.05) is 16.8 Å². The third-order valence-electron chi connectivity index (χ3n) is 2.64. The fourth-order valence-electron chi connectivity index (χ4n) is 1.65. The van der Waals surface area contributed by atoms with Crippen LogP contribution >= 0.6 is 23.4 Å². The summed E-state index contributed by atoms with van der Waals surface area (Å²) in [6, 6.07) is 10.7. The molecule has 0 aliphatic heterocycles. The van der Waals surface area contributed by atoms with E-state index in [4.69, 9.17) is 16.1 Å². The number of pyridine rings is 1. The maximum Gasteiger partial charge on any atom is 0.280 e. The van der Waals surface area contributed by atoms with Crippen LogP contribution in [0, 0.1) is 0 Å². The molecule has 2 heterocycles. The minimum absolute atomic E-state index is 0.0121. The van der Waals surface area contributed by atoms with Gasteiger partial charge in [0.15, 0.2) is 11.5 Å². The Labute approximate surface area is 130 Å². The van der Waals surface area contributed by atoms with E-state index in [2.05, 4.69) is 15.1 Å². The maximum absolute atomic E-state index is 9.70. The second kappa shape index (κ2) is 6.15. The van der Waals surface area contributed by atoms with Gasteiger partial charge in [-0.25, -0.2) is 4.98 Å². The summed E-state index contributed by atoms with van der Waals surface area (Å²) in [5, 5.41) is 14.3. The second-order valence-electron chi connectivity index (χ2n) is 4.13. The van der Waals surface area contributed by atoms with Gasteiger partial charge in [-0.2, -0.15) is 4.98 Å². The third-order valence-corrected chi connectivity index (χ3v) is 3.90. The molecule has 0 aliphatic rings. The van der Waals surface area contributed by atoms with Gasteiger partial charge in [0.1, 0.15) is 5.75 Å². The zero-order valence-electron chi connectivity index (χ0n) is 10.7. The molecule has 5 nitrogen and oxygen atoms in total. The Bertz CT molecular complexity index is 746. The van der Waals surface area contributed by atoms with Gasteiger partial charge in [-0.3, -0.25) is 0 Å². The Morgan fingerprint density at radius 3 is 2.76 bits per heavy atom. The normalized spacial score (nSPS) is 10.7. The van der Waals surface area contributed by atoms with Crippen LogP contribution in [-0.4, -0.2) is 20.2 Å². The average Bonchev–Trinajstić information content (AvgIpc) is 2.96. The fraction of sp³-hybridized carbons (Fsp3) is 0.0714. The van der Waals surface area contributed by atoms with Crippen molar-refractivity contribution in [1.29, 1.82) is 0 Å². The van der Waals surface area contributed by atoms with E-state index in [0.29, 0.717) is 16.6 Å². The zero-order chi connectivity index (χ0) is 14.7. The van der Waals surface area contributed by atoms with E-state index in [1.807, 2.05) is 24.3 Å². The molecule has 0 atom stereocenters. The Kier molecular flexibility index (Phi) is 4.08. The number of aromatic hydroxyl groups is 1. The van der Waals surface area contributed by atoms with Crippen molar-refractivity contribution in [3.63, 3.8) is 0 Å². The Morgan fingerprint density at radius 2 is 2.00 bits per heavy atom. The van der Waals surface area contributed by atoms with Gasteiger partial charge >= 0.3 is 0 Å². The predicted octanol–water partition coefficient (Wildman–Crippen LogP) is 3.78. The molecule has 0 fully saturated rings. The van der Waals surface area contributed by atoms with Crippen LogP contribution in [0.2, 0.25) is 5.02 Å². The minimum atomic E-state index is 0.0121. The molecule has 0 saturated carbocycles. The van der Waals surface area contributed by atoms with Crippen LogP contribution in [0.15, 0.2) is 52.0 Å². The van der Waals surface area contributed by atoms with Gasteiger partial charge in [-0.15, -0.1) is 11.8 Å². The second-order valence-corrected chi connectivity index (χ2v) is 5.61. The summed E-state index contributed by atoms with van der Waals surface area (Å²) >= 11 is 7.40. The summed E-state index contributed by atoms with van der Waals surface area (Å²) in [6.07, 6.45) is 1.56. The predicted molar refractivity (Wildman–Crippen MR) is 80.2 cm³/mol. The number of rotatable bonds is 4. The first-order valence-electron chi connectivity index (χ1n) is 6.07. The van der Waals surface area contributed by atoms with E-state index < -0.39 is 0 Å². The van der Waals surface area contributed by atoms with E-state index in [9.17, 15) is 5.11 Å². The molecule has 0 unspecified atom stereocenters. The van der Waals surface area contributed by atoms with Crippen LogP contribution in [0.5, 0.6) is 5.75 Å². The van der Waals surface area contributed by atoms with E-state index in [0.717, 1.165) is 4.90 Å². The molecule has 3 aromatic rings. The molecule has 0 aliphatic carbocycles. The molecule has 0 saturated heterocycles. The molecule has 1 N–H and O–H groups in total. The van der Waals surface area contributed by atoms with Crippen LogP contribution in [0.4, 0.5) is 0 Å². The van der Waals surface area contributed by atoms with Crippen LogP contribution in [0.3, 0.4) is 0 Å². The SMILES string of the molecule is Oc1cccnc1-c1nc(CSc2ccc(Cl)cc2)no1. The molecule has 0 amide bonds. The molecule has 2 aromatic heterocycles. The van der Waals surface area contributed by atoms with Crippen LogP contribution < -0.4 is 0 Å². The smallest absolute Gasteiger partial charge is 0.280 e. The lowest BCUT2D eigenvalue weighted by Gasteiger charge is -1.98. The third kappa shape index (κ3) is 3.34. The number of halogens is 1. The van der Waals surface area contributed by atoms with Crippen molar-refractivity contribution in [1.82, 2.24) is 15.1 Å². The van der Waals surface area contributed by atoms with Gasteiger partial charge < -0.3 is 9.63 Å². The lowest BCUT2D eigenvalue weighted by Crippen LogP contribution is -1.86. The highest BCUT2D eigenvalue weighted by molar-refractivity contribution is 7.98. The lowest BCUT2D eigenvalue weighted by atomic mass is 10.3. The highest BCUT2D eigenvalue weighted by atomic mass is 35.5. The topological polar surface area (TPSA) is 72.0 Å². The van der Waals surface area contributed by atoms with Crippen LogP contribution in [0.1, 0.15) is 5.82 Å². The van der Waals surface area contributed by atoms with Gasteiger partial charge in [0.25, 0.3) is 5.89 Å². The number of hydrogen-bond acceptors (Lipinski definition) is 6. The van der Waals surface area contributed by atoms with Gasteiger partial charge in [-0.05, 0) is 36.4 Å². The van der Waals surface area contributed by atoms with Crippen molar-refractivity contribution < 1.29 is 9.63 Å². The number of thioether (sulfide) groups is 1. The summed E-state index contributed by atoms with van der Waals surface area (Å²) in [4.78, 5) is 9.31. The molecule has 1 aromatic carbocycles. The standard InChI is InChI=1S/C14H10ClN3O2S/c15-9-3-5-10(6-4-9)21-8-12-17-14(20-18-12)13-11(19)2-1-7-16-13/h1-7,19H,8H2. The number of hydrogen-bond donors (Lipinski definition) is 1. The molecule has 7 heteroatoms. The monoisotopic (exact) mass is 319 g/mol. The molecular formula is C14H10ClN3O2S. The van der Waals surface area contributed by atoms with Crippen LogP contribution in [0.25, 0.3) is 11.6 Å². The van der Waals surface area contributed by atoms with Crippen molar-refractivity contribution in [2.24, 2.45) is 0 Å². The molecular weight excluding hydrogens is 310 g/mol. The van der Waals surface area contributed by atoms with Crippen molar-refractivity contribution >= 4 is 23.4 Å². The van der Waals surface area contributed by atoms with E-state index in [1.54, 1.807) is 24.0 Å². The molecule has 3 rings (SSSR count). The molecule has 106 valence electrons. The van der Waals surface area contributed by atoms with E-state index in [-0.39, 0.29) is 17.3 Å². The number of benzene rings is 1. The summed E-state index contributed by atoms with van der Waals surface area (Å²) in [5.41, 5.74) is 0.285. The molecule has 21 heavy (non-hydrogen) atoms. The average molecular weight is 320 g/mol. The van der Waals surface area contributed by atoms with E-state index in [1.165, 1.54) is 6.07 Å². The lowest BCUT2D eigenvalue weighted by molar-refractivity contribution is 0.417. The quantitative estimate of drug-likeness (QED) is 0.738. The highest BCUT2D eigenvalue weighted by Gasteiger charge is 2.13. The van der Waals surface area contributed by atoms with Gasteiger partial charge in [0.2, 0.25) is 0 Å². The van der Waals surface area contributed by atoms with Gasteiger partial charge in [0, 0.05) is 16.1 Å². The number of aromatic nitrogens is 3. The summed E-state index contributed by atoms with van der Waals surface area (Å²) in [6.45, 7) is 0. The summed E-state index contributed by atoms with van der Waals surface area (Å²) in [5.74, 6) is 1.31. The van der Waals surface area contributed by atoms with Crippen molar-refractivity contribution in [3.8, 4) is 17.3 Å². The van der Waals surface area contributed by atoms with Gasteiger partial charge in [0.05, 0.1) is 5.75 Å². The largest absolute Gasteiger partial charge is 0.505 e. The Morgan fingerprint density at radius 1 is 1.19 bits per heavy atom. The Balaban J connectivity index is 1.71. The zero-order valence-corrected chi connectivity index (χ0v) is 12.3. The maximum atomic E-state index is 9.70. The molecule has 0 bridgehead atoms. The number of nitrogens with zero attached hydrogens (tertiary/aromatic N) is 3. The van der Waals surface area contributed by atoms with Crippen LogP contribution in [-0.2, 0) is 5.75 Å². The molecule has 0 radical (unpaired) electrons. The van der Waals surface area contributed by atoms with Crippen molar-refractivity contribution in [2.75, 3.05) is 0 Å². The molecule has 0 spiro atoms. The first-order chi connectivity index (χ1) is 10.2. The Hall–Kier alpha value is -2.05. The van der Waals surface area contributed by atoms with E-state index >= 15 is 0 Å². The fourth-order valence-corrected chi connectivity index (χ4v) is 2.52. The minimum Gasteiger partial charge on any atom is -0.505 e. The first kappa shape index (κ1) is 13.9. The summed E-state index contributed by atoms with van der Waals surface area (Å²) in [7, 11) is 0. The highest BCUT2D eigenvalue weighted by Crippen LogP contribution is 2.27. The van der Waals surface area contributed by atoms with Crippen molar-refractivity contribution in [3.05, 3.63) is 53.4 Å². The first-order valence-corrected chi connectivity index (χ1v) is 7.44.